The molecule has 4 fully saturated rings. The number of aryl methyl sites for hydroxylation is 1. The lowest BCUT2D eigenvalue weighted by Gasteiger charge is -2.62. The molecule has 2 amide bonds. The summed E-state index contributed by atoms with van der Waals surface area (Å²) in [6, 6.07) is 9.14. The van der Waals surface area contributed by atoms with E-state index >= 15 is 0 Å². The van der Waals surface area contributed by atoms with Crippen LogP contribution in [0.1, 0.15) is 62.3 Å². The highest BCUT2D eigenvalue weighted by Gasteiger charge is 2.59. The van der Waals surface area contributed by atoms with Gasteiger partial charge in [0.15, 0.2) is 5.13 Å². The Bertz CT molecular complexity index is 874. The molecular formula is C23H29N3OS. The second kappa shape index (κ2) is 6.58. The molecule has 1 aromatic heterocycles. The molecule has 4 saturated carbocycles. The standard InChI is InChI=1S/C23H29N3OS/c1-3-24-20(27)26-21-25-19(13-28-21)23-11-16-8-17(12-23)10-22(9-16,14-23)18-6-4-15(2)5-7-18/h4-7,13,16-17H,3,8-12,14H2,1-2H3,(H2,24,25,26,27). The van der Waals surface area contributed by atoms with E-state index in [0.29, 0.717) is 12.0 Å². The Balaban J connectivity index is 1.46. The number of hydrogen-bond donors (Lipinski definition) is 2. The zero-order valence-electron chi connectivity index (χ0n) is 16.8. The molecule has 0 aliphatic heterocycles. The number of carbonyl (C=O) groups is 1. The maximum atomic E-state index is 11.9. The van der Waals surface area contributed by atoms with E-state index in [4.69, 9.17) is 4.98 Å². The van der Waals surface area contributed by atoms with Crippen molar-refractivity contribution >= 4 is 22.5 Å². The van der Waals surface area contributed by atoms with E-state index in [1.54, 1.807) is 11.3 Å². The minimum atomic E-state index is -0.162. The Hall–Kier alpha value is -1.88. The minimum Gasteiger partial charge on any atom is -0.338 e. The van der Waals surface area contributed by atoms with E-state index in [1.165, 1.54) is 55.3 Å². The summed E-state index contributed by atoms with van der Waals surface area (Å²) in [5.74, 6) is 1.62. The SMILES string of the molecule is CCNC(=O)Nc1nc(C23CC4CC(CC(c5ccc(C)cc5)(C4)C2)C3)cs1. The maximum absolute atomic E-state index is 11.9. The molecule has 28 heavy (non-hydrogen) atoms. The van der Waals surface area contributed by atoms with Gasteiger partial charge in [0.2, 0.25) is 0 Å². The van der Waals surface area contributed by atoms with Crippen molar-refractivity contribution in [2.75, 3.05) is 11.9 Å². The molecule has 2 unspecified atom stereocenters. The third-order valence-corrected chi connectivity index (χ3v) is 8.09. The van der Waals surface area contributed by atoms with Gasteiger partial charge < -0.3 is 5.32 Å². The molecule has 4 aliphatic carbocycles. The van der Waals surface area contributed by atoms with Crippen molar-refractivity contribution in [3.63, 3.8) is 0 Å². The average molecular weight is 396 g/mol. The fourth-order valence-electron chi connectivity index (χ4n) is 6.68. The van der Waals surface area contributed by atoms with Gasteiger partial charge in [-0.25, -0.2) is 9.78 Å². The molecule has 6 rings (SSSR count). The maximum Gasteiger partial charge on any atom is 0.321 e. The Morgan fingerprint density at radius 3 is 2.50 bits per heavy atom. The lowest BCUT2D eigenvalue weighted by Crippen LogP contribution is -2.56. The Morgan fingerprint density at radius 1 is 1.14 bits per heavy atom. The number of nitrogens with zero attached hydrogens (tertiary/aromatic N) is 1. The number of thiazole rings is 1. The zero-order valence-corrected chi connectivity index (χ0v) is 17.6. The predicted molar refractivity (Wildman–Crippen MR) is 114 cm³/mol. The highest BCUT2D eigenvalue weighted by Crippen LogP contribution is 2.66. The van der Waals surface area contributed by atoms with E-state index in [9.17, 15) is 4.79 Å². The second-order valence-corrected chi connectivity index (χ2v) is 10.3. The van der Waals surface area contributed by atoms with Gasteiger partial charge >= 0.3 is 6.03 Å². The molecule has 0 saturated heterocycles. The van der Waals surface area contributed by atoms with Crippen molar-refractivity contribution in [2.45, 2.75) is 63.2 Å². The first-order valence-electron chi connectivity index (χ1n) is 10.6. The van der Waals surface area contributed by atoms with Gasteiger partial charge in [0.05, 0.1) is 5.69 Å². The van der Waals surface area contributed by atoms with Crippen molar-refractivity contribution < 1.29 is 4.79 Å². The molecule has 2 aromatic rings. The van der Waals surface area contributed by atoms with Crippen LogP contribution in [0.5, 0.6) is 0 Å². The fourth-order valence-corrected chi connectivity index (χ4v) is 7.51. The van der Waals surface area contributed by atoms with E-state index in [0.717, 1.165) is 17.0 Å². The van der Waals surface area contributed by atoms with Gasteiger partial charge in [-0.15, -0.1) is 11.3 Å². The topological polar surface area (TPSA) is 54.0 Å². The van der Waals surface area contributed by atoms with Gasteiger partial charge in [-0.05, 0) is 75.2 Å². The number of anilines is 1. The molecule has 4 aliphatic rings. The van der Waals surface area contributed by atoms with Gasteiger partial charge in [0, 0.05) is 17.3 Å². The number of amides is 2. The number of nitrogens with one attached hydrogen (secondary N) is 2. The summed E-state index contributed by atoms with van der Waals surface area (Å²) in [6.45, 7) is 4.71. The van der Waals surface area contributed by atoms with Crippen LogP contribution in [0.2, 0.25) is 0 Å². The molecule has 0 spiro atoms. The van der Waals surface area contributed by atoms with Gasteiger partial charge in [0.1, 0.15) is 0 Å². The number of benzene rings is 1. The quantitative estimate of drug-likeness (QED) is 0.730. The van der Waals surface area contributed by atoms with Gasteiger partial charge in [-0.3, -0.25) is 5.32 Å². The summed E-state index contributed by atoms with van der Waals surface area (Å²) < 4.78 is 0. The van der Waals surface area contributed by atoms with Crippen LogP contribution in [0.25, 0.3) is 0 Å². The van der Waals surface area contributed by atoms with Crippen LogP contribution in [0.15, 0.2) is 29.6 Å². The molecule has 1 aromatic carbocycles. The summed E-state index contributed by atoms with van der Waals surface area (Å²) in [6.07, 6.45) is 7.80. The molecule has 2 N–H and O–H groups in total. The van der Waals surface area contributed by atoms with E-state index in [1.807, 2.05) is 6.92 Å². The van der Waals surface area contributed by atoms with Crippen LogP contribution in [-0.2, 0) is 10.8 Å². The molecule has 4 bridgehead atoms. The Morgan fingerprint density at radius 2 is 1.82 bits per heavy atom. The third kappa shape index (κ3) is 2.95. The Labute approximate surface area is 171 Å². The summed E-state index contributed by atoms with van der Waals surface area (Å²) >= 11 is 1.57. The van der Waals surface area contributed by atoms with Crippen LogP contribution < -0.4 is 10.6 Å². The zero-order chi connectivity index (χ0) is 19.4. The van der Waals surface area contributed by atoms with Crippen LogP contribution in [0.3, 0.4) is 0 Å². The molecule has 148 valence electrons. The highest BCUT2D eigenvalue weighted by molar-refractivity contribution is 7.13. The number of aromatic nitrogens is 1. The molecule has 5 heteroatoms. The molecule has 0 radical (unpaired) electrons. The van der Waals surface area contributed by atoms with Crippen molar-refractivity contribution in [1.82, 2.24) is 10.3 Å². The monoisotopic (exact) mass is 395 g/mol. The van der Waals surface area contributed by atoms with E-state index in [-0.39, 0.29) is 11.4 Å². The smallest absolute Gasteiger partial charge is 0.321 e. The molecule has 4 nitrogen and oxygen atoms in total. The van der Waals surface area contributed by atoms with Crippen LogP contribution in [-0.4, -0.2) is 17.6 Å². The van der Waals surface area contributed by atoms with Gasteiger partial charge in [-0.2, -0.15) is 0 Å². The second-order valence-electron chi connectivity index (χ2n) is 9.41. The van der Waals surface area contributed by atoms with Crippen LogP contribution in [0, 0.1) is 18.8 Å². The summed E-state index contributed by atoms with van der Waals surface area (Å²) in [4.78, 5) is 16.8. The van der Waals surface area contributed by atoms with Crippen molar-refractivity contribution in [3.05, 3.63) is 46.5 Å². The van der Waals surface area contributed by atoms with Crippen molar-refractivity contribution in [2.24, 2.45) is 11.8 Å². The minimum absolute atomic E-state index is 0.162. The van der Waals surface area contributed by atoms with Crippen LogP contribution >= 0.6 is 11.3 Å². The fraction of sp³-hybridized carbons (Fsp3) is 0.565. The first-order valence-corrected chi connectivity index (χ1v) is 11.5. The van der Waals surface area contributed by atoms with Crippen molar-refractivity contribution in [1.29, 1.82) is 0 Å². The predicted octanol–water partition coefficient (Wildman–Crippen LogP) is 5.38. The summed E-state index contributed by atoms with van der Waals surface area (Å²) in [5, 5.41) is 8.62. The lowest BCUT2D eigenvalue weighted by atomic mass is 9.42. The van der Waals surface area contributed by atoms with Crippen LogP contribution in [0.4, 0.5) is 9.93 Å². The van der Waals surface area contributed by atoms with E-state index in [2.05, 4.69) is 47.2 Å². The molecule has 2 atom stereocenters. The number of carbonyl (C=O) groups excluding carboxylic acids is 1. The van der Waals surface area contributed by atoms with Crippen molar-refractivity contribution in [3.8, 4) is 0 Å². The number of urea groups is 1. The average Bonchev–Trinajstić information content (AvgIpc) is 3.10. The summed E-state index contributed by atoms with van der Waals surface area (Å²) in [5.41, 5.74) is 4.59. The first-order chi connectivity index (χ1) is 13.5. The largest absolute Gasteiger partial charge is 0.338 e. The van der Waals surface area contributed by atoms with Gasteiger partial charge in [0.25, 0.3) is 0 Å². The molecule has 1 heterocycles. The number of rotatable bonds is 4. The Kier molecular flexibility index (Phi) is 4.27. The lowest BCUT2D eigenvalue weighted by molar-refractivity contribution is -0.0296. The summed E-state index contributed by atoms with van der Waals surface area (Å²) in [7, 11) is 0. The molecular weight excluding hydrogens is 366 g/mol. The number of hydrogen-bond acceptors (Lipinski definition) is 3. The third-order valence-electron chi connectivity index (χ3n) is 7.33. The normalized spacial score (nSPS) is 33.1. The highest BCUT2D eigenvalue weighted by atomic mass is 32.1. The first kappa shape index (κ1) is 18.2. The van der Waals surface area contributed by atoms with Gasteiger partial charge in [-0.1, -0.05) is 29.8 Å². The van der Waals surface area contributed by atoms with E-state index < -0.39 is 0 Å².